The molecule has 3 heterocycles. The zero-order valence-corrected chi connectivity index (χ0v) is 16.3. The van der Waals surface area contributed by atoms with Gasteiger partial charge in [-0.3, -0.25) is 9.78 Å². The summed E-state index contributed by atoms with van der Waals surface area (Å²) in [5, 5.41) is 0.605. The van der Waals surface area contributed by atoms with Crippen molar-refractivity contribution in [1.29, 1.82) is 0 Å². The molecule has 1 saturated heterocycles. The highest BCUT2D eigenvalue weighted by molar-refractivity contribution is 5.91. The smallest absolute Gasteiger partial charge is 0.219 e. The monoisotopic (exact) mass is 391 g/mol. The lowest BCUT2D eigenvalue weighted by atomic mass is 9.99. The highest BCUT2D eigenvalue weighted by Gasteiger charge is 2.28. The number of hydrogen-bond donors (Lipinski definition) is 0. The van der Waals surface area contributed by atoms with Gasteiger partial charge in [0.15, 0.2) is 5.82 Å². The number of anilines is 1. The Morgan fingerprint density at radius 2 is 1.83 bits per heavy atom. The lowest BCUT2D eigenvalue weighted by Gasteiger charge is -2.35. The van der Waals surface area contributed by atoms with Crippen LogP contribution in [0.25, 0.3) is 22.2 Å². The van der Waals surface area contributed by atoms with E-state index < -0.39 is 5.82 Å². The van der Waals surface area contributed by atoms with Gasteiger partial charge in [0, 0.05) is 44.9 Å². The number of fused-ring (bicyclic) bond motifs is 1. The van der Waals surface area contributed by atoms with Crippen LogP contribution < -0.4 is 4.90 Å². The van der Waals surface area contributed by atoms with Crippen molar-refractivity contribution in [2.75, 3.05) is 31.1 Å². The van der Waals surface area contributed by atoms with Crippen molar-refractivity contribution >= 4 is 22.6 Å². The van der Waals surface area contributed by atoms with Gasteiger partial charge in [0.05, 0.1) is 5.39 Å². The van der Waals surface area contributed by atoms with Gasteiger partial charge in [-0.2, -0.15) is 0 Å². The van der Waals surface area contributed by atoms with Gasteiger partial charge in [-0.15, -0.1) is 0 Å². The van der Waals surface area contributed by atoms with E-state index in [1.165, 1.54) is 6.33 Å². The van der Waals surface area contributed by atoms with Gasteiger partial charge in [0.1, 0.15) is 23.4 Å². The van der Waals surface area contributed by atoms with Crippen molar-refractivity contribution in [3.63, 3.8) is 0 Å². The van der Waals surface area contributed by atoms with Gasteiger partial charge in [0.2, 0.25) is 5.91 Å². The van der Waals surface area contributed by atoms with Crippen molar-refractivity contribution in [2.24, 2.45) is 0 Å². The van der Waals surface area contributed by atoms with Crippen LogP contribution in [-0.2, 0) is 4.79 Å². The van der Waals surface area contributed by atoms with Crippen LogP contribution >= 0.6 is 0 Å². The van der Waals surface area contributed by atoms with E-state index in [1.807, 2.05) is 23.1 Å². The van der Waals surface area contributed by atoms with E-state index in [-0.39, 0.29) is 5.91 Å². The molecular formula is C22H22FN5O. The lowest BCUT2D eigenvalue weighted by Crippen LogP contribution is -2.48. The van der Waals surface area contributed by atoms with E-state index in [0.717, 1.165) is 24.0 Å². The summed E-state index contributed by atoms with van der Waals surface area (Å²) in [6, 6.07) is 7.93. The van der Waals surface area contributed by atoms with Crippen LogP contribution in [0, 0.1) is 5.82 Å². The summed E-state index contributed by atoms with van der Waals surface area (Å²) >= 11 is 0. The number of aromatic nitrogens is 3. The van der Waals surface area contributed by atoms with Crippen LogP contribution in [0.3, 0.4) is 0 Å². The zero-order chi connectivity index (χ0) is 20.0. The fourth-order valence-electron chi connectivity index (χ4n) is 4.11. The van der Waals surface area contributed by atoms with Crippen LogP contribution in [0.15, 0.2) is 36.8 Å². The van der Waals surface area contributed by atoms with Crippen LogP contribution in [0.5, 0.6) is 0 Å². The van der Waals surface area contributed by atoms with E-state index in [4.69, 9.17) is 0 Å². The summed E-state index contributed by atoms with van der Waals surface area (Å²) in [5.74, 6) is 0.846. The largest absolute Gasteiger partial charge is 0.352 e. The molecule has 29 heavy (non-hydrogen) atoms. The minimum atomic E-state index is -0.401. The van der Waals surface area contributed by atoms with E-state index in [2.05, 4.69) is 25.9 Å². The number of hydrogen-bond acceptors (Lipinski definition) is 5. The van der Waals surface area contributed by atoms with Crippen molar-refractivity contribution in [3.8, 4) is 11.3 Å². The molecule has 7 heteroatoms. The van der Waals surface area contributed by atoms with Crippen molar-refractivity contribution in [2.45, 2.75) is 25.7 Å². The third kappa shape index (κ3) is 3.20. The molecule has 0 unspecified atom stereocenters. The van der Waals surface area contributed by atoms with Gasteiger partial charge in [-0.05, 0) is 24.3 Å². The SMILES string of the molecule is CC(=O)N1CCN(c2ncnc3c(F)c(-c4ccccc4C4CC4)ncc23)CC1. The predicted octanol–water partition coefficient (Wildman–Crippen LogP) is 3.38. The maximum atomic E-state index is 15.5. The van der Waals surface area contributed by atoms with Crippen molar-refractivity contribution < 1.29 is 9.18 Å². The average Bonchev–Trinajstić information content (AvgIpc) is 3.59. The Bertz CT molecular complexity index is 1090. The number of rotatable bonds is 3. The summed E-state index contributed by atoms with van der Waals surface area (Å²) in [7, 11) is 0. The van der Waals surface area contributed by atoms with E-state index in [0.29, 0.717) is 54.5 Å². The fourth-order valence-corrected chi connectivity index (χ4v) is 4.11. The number of carbonyl (C=O) groups excluding carboxylic acids is 1. The second-order valence-electron chi connectivity index (χ2n) is 7.73. The van der Waals surface area contributed by atoms with E-state index in [1.54, 1.807) is 13.1 Å². The highest BCUT2D eigenvalue weighted by atomic mass is 19.1. The number of piperazine rings is 1. The second-order valence-corrected chi connectivity index (χ2v) is 7.73. The molecule has 1 aliphatic heterocycles. The molecule has 0 atom stereocenters. The summed E-state index contributed by atoms with van der Waals surface area (Å²) in [6.45, 7) is 4.14. The summed E-state index contributed by atoms with van der Waals surface area (Å²) < 4.78 is 15.5. The first-order valence-corrected chi connectivity index (χ1v) is 10.0. The first-order chi connectivity index (χ1) is 14.1. The molecule has 0 radical (unpaired) electrons. The summed E-state index contributed by atoms with van der Waals surface area (Å²) in [5.41, 5.74) is 2.66. The molecule has 148 valence electrons. The Hall–Kier alpha value is -3.09. The maximum absolute atomic E-state index is 15.5. The van der Waals surface area contributed by atoms with Gasteiger partial charge in [-0.1, -0.05) is 24.3 Å². The third-order valence-electron chi connectivity index (χ3n) is 5.86. The number of pyridine rings is 1. The molecular weight excluding hydrogens is 369 g/mol. The predicted molar refractivity (Wildman–Crippen MR) is 109 cm³/mol. The highest BCUT2D eigenvalue weighted by Crippen LogP contribution is 2.44. The van der Waals surface area contributed by atoms with Crippen LogP contribution in [0.2, 0.25) is 0 Å². The first-order valence-electron chi connectivity index (χ1n) is 10.0. The van der Waals surface area contributed by atoms with Gasteiger partial charge in [-0.25, -0.2) is 14.4 Å². The molecule has 6 nitrogen and oxygen atoms in total. The number of benzene rings is 1. The number of nitrogens with zero attached hydrogens (tertiary/aromatic N) is 5. The van der Waals surface area contributed by atoms with Gasteiger partial charge >= 0.3 is 0 Å². The van der Waals surface area contributed by atoms with Crippen LogP contribution in [0.1, 0.15) is 31.2 Å². The van der Waals surface area contributed by atoms with Gasteiger partial charge < -0.3 is 9.80 Å². The van der Waals surface area contributed by atoms with E-state index in [9.17, 15) is 4.79 Å². The summed E-state index contributed by atoms with van der Waals surface area (Å²) in [4.78, 5) is 28.6. The zero-order valence-electron chi connectivity index (χ0n) is 16.3. The Morgan fingerprint density at radius 1 is 1.07 bits per heavy atom. The lowest BCUT2D eigenvalue weighted by molar-refractivity contribution is -0.129. The van der Waals surface area contributed by atoms with E-state index >= 15 is 4.39 Å². The fraction of sp³-hybridized carbons (Fsp3) is 0.364. The number of amides is 1. The quantitative estimate of drug-likeness (QED) is 0.685. The molecule has 1 saturated carbocycles. The first kappa shape index (κ1) is 18.0. The minimum absolute atomic E-state index is 0.0730. The molecule has 0 N–H and O–H groups in total. The Kier molecular flexibility index (Phi) is 4.38. The minimum Gasteiger partial charge on any atom is -0.352 e. The van der Waals surface area contributed by atoms with Crippen molar-refractivity contribution in [3.05, 3.63) is 48.2 Å². The Balaban J connectivity index is 1.54. The second kappa shape index (κ2) is 7.06. The van der Waals surface area contributed by atoms with Crippen LogP contribution in [0.4, 0.5) is 10.2 Å². The topological polar surface area (TPSA) is 62.2 Å². The molecule has 2 fully saturated rings. The molecule has 5 rings (SSSR count). The average molecular weight is 391 g/mol. The van der Waals surface area contributed by atoms with Crippen LogP contribution in [-0.4, -0.2) is 51.9 Å². The molecule has 0 spiro atoms. The van der Waals surface area contributed by atoms with Crippen molar-refractivity contribution in [1.82, 2.24) is 19.9 Å². The number of halogens is 1. The maximum Gasteiger partial charge on any atom is 0.219 e. The Labute approximate surface area is 168 Å². The molecule has 2 aromatic heterocycles. The normalized spacial score (nSPS) is 17.0. The molecule has 0 bridgehead atoms. The molecule has 1 aliphatic carbocycles. The molecule has 1 amide bonds. The standard InChI is InChI=1S/C22H22FN5O/c1-14(29)27-8-10-28(11-9-27)22-18-12-24-20(19(23)21(18)25-13-26-22)17-5-3-2-4-16(17)15-6-7-15/h2-5,12-13,15H,6-11H2,1H3. The van der Waals surface area contributed by atoms with Gasteiger partial charge in [0.25, 0.3) is 0 Å². The Morgan fingerprint density at radius 3 is 2.55 bits per heavy atom. The number of carbonyl (C=O) groups is 1. The molecule has 3 aromatic rings. The molecule has 2 aliphatic rings. The third-order valence-corrected chi connectivity index (χ3v) is 5.86. The molecule has 1 aromatic carbocycles. The summed E-state index contributed by atoms with van der Waals surface area (Å²) in [6.07, 6.45) is 5.38.